The number of benzene rings is 1. The van der Waals surface area contributed by atoms with Crippen molar-refractivity contribution in [3.63, 3.8) is 0 Å². The van der Waals surface area contributed by atoms with Gasteiger partial charge in [0.05, 0.1) is 16.9 Å². The van der Waals surface area contributed by atoms with Gasteiger partial charge in [-0.1, -0.05) is 116 Å². The zero-order valence-corrected chi connectivity index (χ0v) is 27.5. The monoisotopic (exact) mass is 721 g/mol. The summed E-state index contributed by atoms with van der Waals surface area (Å²) in [5.74, 6) is 0.510. The van der Waals surface area contributed by atoms with Crippen molar-refractivity contribution in [2.24, 2.45) is 10.4 Å². The van der Waals surface area contributed by atoms with Crippen LogP contribution in [0.2, 0.25) is 0 Å². The number of pyridine rings is 1. The Morgan fingerprint density at radius 1 is 1.05 bits per heavy atom. The van der Waals surface area contributed by atoms with Gasteiger partial charge in [-0.2, -0.15) is 5.53 Å². The van der Waals surface area contributed by atoms with E-state index in [1.54, 1.807) is 42.5 Å². The first-order valence-electron chi connectivity index (χ1n) is 11.5. The zero-order valence-electron chi connectivity index (χ0n) is 21.3. The van der Waals surface area contributed by atoms with E-state index in [-0.39, 0.29) is 46.7 Å². The fourth-order valence-electron chi connectivity index (χ4n) is 2.80. The quantitative estimate of drug-likeness (QED) is 0.0445. The number of oxime groups is 1. The van der Waals surface area contributed by atoms with E-state index >= 15 is 0 Å². The highest BCUT2D eigenvalue weighted by molar-refractivity contribution is 8.17. The molecule has 0 bridgehead atoms. The lowest BCUT2D eigenvalue weighted by Crippen LogP contribution is -2.29. The smallest absolute Gasteiger partial charge is 0.412 e. The maximum atomic E-state index is 12.3. The number of carbonyl (C=O) groups excluding carboxylic acids is 1. The Balaban J connectivity index is 1.93. The number of nitrogens with zero attached hydrogens (tertiary/aromatic N) is 4. The average Bonchev–Trinajstić information content (AvgIpc) is 2.91. The molecule has 18 heteroatoms. The van der Waals surface area contributed by atoms with Crippen LogP contribution in [0.5, 0.6) is 0 Å². The van der Waals surface area contributed by atoms with Crippen molar-refractivity contribution in [3.8, 4) is 0 Å². The molecule has 0 aliphatic carbocycles. The molecule has 0 aliphatic heterocycles. The molecule has 0 spiro atoms. The van der Waals surface area contributed by atoms with Gasteiger partial charge in [-0.15, -0.1) is 23.5 Å². The fraction of sp³-hybridized carbons (Fsp3) is 0.391. The minimum atomic E-state index is -1.45. The number of likely N-dealkylation sites (N-methyl/N-ethyl adjacent to an activating group) is 1. The van der Waals surface area contributed by atoms with E-state index in [2.05, 4.69) is 20.7 Å². The summed E-state index contributed by atoms with van der Waals surface area (Å²) in [5, 5.41) is 19.2. The van der Waals surface area contributed by atoms with Crippen LogP contribution in [0.1, 0.15) is 17.7 Å². The Morgan fingerprint density at radius 3 is 2.27 bits per heavy atom. The van der Waals surface area contributed by atoms with Gasteiger partial charge in [0.1, 0.15) is 5.82 Å². The second-order valence-electron chi connectivity index (χ2n) is 7.90. The SMILES string of the molecule is CN(N=N)C(=N)/C(=N\OCc1cccc(NC(=O)OCCC(SCC(Cl)(Cl)Cl)SCC(Cl)(Cl)Cl)n1)c1ccccc1. The number of amides is 1. The standard InChI is InChI=1S/C23H25Cl6N7O3S2/c1-36(35-31)20(30)19(15-6-3-2-4-7-15)34-39-12-16-8-5-9-17(32-16)33-21(37)38-11-10-18(40-13-22(24,25)26)41-14-23(27,28)29/h2-9,18,30-31H,10-14H2,1H3,(H,32,33,37)/b30-20?,34-19-,35-31?. The van der Waals surface area contributed by atoms with E-state index in [0.717, 1.165) is 5.01 Å². The second-order valence-corrected chi connectivity index (χ2v) is 15.6. The lowest BCUT2D eigenvalue weighted by molar-refractivity contribution is 0.128. The summed E-state index contributed by atoms with van der Waals surface area (Å²) < 4.78 is 2.22. The molecule has 3 N–H and O–H groups in total. The third kappa shape index (κ3) is 15.1. The Kier molecular flexibility index (Phi) is 15.4. The van der Waals surface area contributed by atoms with E-state index in [0.29, 0.717) is 17.7 Å². The normalized spacial score (nSPS) is 12.1. The van der Waals surface area contributed by atoms with Gasteiger partial charge in [0.15, 0.2) is 25.7 Å². The maximum absolute atomic E-state index is 12.3. The molecule has 2 rings (SSSR count). The summed E-state index contributed by atoms with van der Waals surface area (Å²) in [6.45, 7) is -0.000542. The Morgan fingerprint density at radius 2 is 1.68 bits per heavy atom. The predicted molar refractivity (Wildman–Crippen MR) is 172 cm³/mol. The van der Waals surface area contributed by atoms with Crippen LogP contribution in [0.4, 0.5) is 10.6 Å². The molecular formula is C23H25Cl6N7O3S2. The van der Waals surface area contributed by atoms with Crippen LogP contribution in [0.25, 0.3) is 0 Å². The first-order valence-corrected chi connectivity index (χ1v) is 15.9. The van der Waals surface area contributed by atoms with E-state index in [4.69, 9.17) is 90.1 Å². The third-order valence-electron chi connectivity index (χ3n) is 4.60. The van der Waals surface area contributed by atoms with Gasteiger partial charge < -0.3 is 9.57 Å². The number of anilines is 1. The number of hydrogen-bond acceptors (Lipinski definition) is 10. The van der Waals surface area contributed by atoms with Crippen molar-refractivity contribution in [1.82, 2.24) is 9.99 Å². The predicted octanol–water partition coefficient (Wildman–Crippen LogP) is 8.33. The van der Waals surface area contributed by atoms with E-state index in [9.17, 15) is 4.79 Å². The highest BCUT2D eigenvalue weighted by atomic mass is 35.6. The van der Waals surface area contributed by atoms with E-state index in [1.807, 2.05) is 6.07 Å². The van der Waals surface area contributed by atoms with Crippen LogP contribution in [-0.2, 0) is 16.2 Å². The Labute approximate surface area is 276 Å². The molecule has 1 aromatic carbocycles. The van der Waals surface area contributed by atoms with Crippen molar-refractivity contribution >= 4 is 117 Å². The van der Waals surface area contributed by atoms with Gasteiger partial charge in [-0.05, 0) is 12.1 Å². The minimum absolute atomic E-state index is 0.0566. The third-order valence-corrected chi connectivity index (χ3v) is 9.59. The van der Waals surface area contributed by atoms with Crippen LogP contribution < -0.4 is 5.32 Å². The number of alkyl halides is 6. The molecule has 1 aromatic heterocycles. The number of hydrogen-bond donors (Lipinski definition) is 3. The molecule has 1 amide bonds. The molecule has 10 nitrogen and oxygen atoms in total. The van der Waals surface area contributed by atoms with Crippen molar-refractivity contribution in [3.05, 3.63) is 59.8 Å². The molecule has 41 heavy (non-hydrogen) atoms. The first kappa shape index (κ1) is 35.8. The molecule has 0 radical (unpaired) electrons. The molecule has 224 valence electrons. The summed E-state index contributed by atoms with van der Waals surface area (Å²) in [6, 6.07) is 13.9. The van der Waals surface area contributed by atoms with E-state index in [1.165, 1.54) is 30.6 Å². The van der Waals surface area contributed by atoms with E-state index < -0.39 is 13.7 Å². The van der Waals surface area contributed by atoms with Gasteiger partial charge >= 0.3 is 6.09 Å². The lowest BCUT2D eigenvalue weighted by Gasteiger charge is -2.20. The molecular weight excluding hydrogens is 699 g/mol. The number of carbonyl (C=O) groups is 1. The van der Waals surface area contributed by atoms with Crippen molar-refractivity contribution in [1.29, 1.82) is 10.9 Å². The van der Waals surface area contributed by atoms with Gasteiger partial charge in [0.25, 0.3) is 0 Å². The molecule has 0 unspecified atom stereocenters. The second kappa shape index (κ2) is 17.7. The lowest BCUT2D eigenvalue weighted by atomic mass is 10.1. The molecule has 1 heterocycles. The summed E-state index contributed by atoms with van der Waals surface area (Å²) >= 11 is 37.8. The largest absolute Gasteiger partial charge is 0.449 e. The first-order chi connectivity index (χ1) is 19.3. The van der Waals surface area contributed by atoms with Gasteiger partial charge in [-0.25, -0.2) is 14.8 Å². The summed E-state index contributed by atoms with van der Waals surface area (Å²) in [5.41, 5.74) is 8.40. The fourth-order valence-corrected chi connectivity index (χ4v) is 6.01. The van der Waals surface area contributed by atoms with Crippen molar-refractivity contribution in [2.75, 3.05) is 30.5 Å². The van der Waals surface area contributed by atoms with Crippen LogP contribution in [0.3, 0.4) is 0 Å². The molecule has 0 fully saturated rings. The number of amidine groups is 1. The number of aromatic nitrogens is 1. The van der Waals surface area contributed by atoms with Gasteiger partial charge in [-0.3, -0.25) is 10.7 Å². The van der Waals surface area contributed by atoms with Gasteiger partial charge in [0, 0.05) is 30.5 Å². The summed E-state index contributed by atoms with van der Waals surface area (Å²) in [7, 11) is 1.45. The molecule has 0 aliphatic rings. The zero-order chi connectivity index (χ0) is 30.5. The maximum Gasteiger partial charge on any atom is 0.412 e. The number of halogens is 6. The average molecular weight is 724 g/mol. The summed E-state index contributed by atoms with van der Waals surface area (Å²) in [6.07, 6.45) is -0.308. The minimum Gasteiger partial charge on any atom is -0.449 e. The number of nitrogens with one attached hydrogen (secondary N) is 3. The number of ether oxygens (including phenoxy) is 1. The Bertz CT molecular complexity index is 1170. The van der Waals surface area contributed by atoms with Crippen LogP contribution in [0.15, 0.2) is 58.9 Å². The van der Waals surface area contributed by atoms with Crippen molar-refractivity contribution < 1.29 is 14.4 Å². The highest BCUT2D eigenvalue weighted by Crippen LogP contribution is 2.39. The van der Waals surface area contributed by atoms with Crippen LogP contribution >= 0.6 is 93.1 Å². The number of rotatable bonds is 14. The molecule has 0 saturated heterocycles. The van der Waals surface area contributed by atoms with Crippen LogP contribution in [0, 0.1) is 10.9 Å². The van der Waals surface area contributed by atoms with Crippen molar-refractivity contribution in [2.45, 2.75) is 25.2 Å². The van der Waals surface area contributed by atoms with Gasteiger partial charge in [0.2, 0.25) is 0 Å². The molecule has 0 atom stereocenters. The van der Waals surface area contributed by atoms with Crippen LogP contribution in [-0.4, -0.2) is 65.0 Å². The molecule has 0 saturated carbocycles. The summed E-state index contributed by atoms with van der Waals surface area (Å²) in [4.78, 5) is 22.1. The topological polar surface area (TPSA) is 136 Å². The molecule has 2 aromatic rings. The number of thioether (sulfide) groups is 2. The Hall–Kier alpha value is -1.38. The highest BCUT2D eigenvalue weighted by Gasteiger charge is 2.26.